The lowest BCUT2D eigenvalue weighted by Gasteiger charge is -2.19. The van der Waals surface area contributed by atoms with E-state index in [1.54, 1.807) is 6.20 Å². The van der Waals surface area contributed by atoms with E-state index in [9.17, 15) is 14.5 Å². The van der Waals surface area contributed by atoms with Gasteiger partial charge < -0.3 is 15.0 Å². The zero-order chi connectivity index (χ0) is 20.9. The Bertz CT molecular complexity index is 1170. The Morgan fingerprint density at radius 2 is 2.07 bits per heavy atom. The number of anilines is 4. The summed E-state index contributed by atoms with van der Waals surface area (Å²) >= 11 is 0. The molecular weight excluding hydrogens is 389 g/mol. The summed E-state index contributed by atoms with van der Waals surface area (Å²) < 4.78 is 19.1. The van der Waals surface area contributed by atoms with Crippen LogP contribution in [0, 0.1) is 15.9 Å². The number of nitro groups is 1. The monoisotopic (exact) mass is 407 g/mol. The van der Waals surface area contributed by atoms with E-state index in [0.717, 1.165) is 43.0 Å². The van der Waals surface area contributed by atoms with Gasteiger partial charge in [0.2, 0.25) is 11.8 Å². The number of nitro benzene ring substituents is 1. The van der Waals surface area contributed by atoms with Gasteiger partial charge in [-0.3, -0.25) is 10.1 Å². The van der Waals surface area contributed by atoms with Crippen molar-refractivity contribution in [1.29, 1.82) is 0 Å². The van der Waals surface area contributed by atoms with Gasteiger partial charge in [0.1, 0.15) is 11.6 Å². The number of nitrogens with one attached hydrogen (secondary N) is 1. The fourth-order valence-electron chi connectivity index (χ4n) is 4.04. The topological polar surface area (TPSA) is 93.4 Å². The van der Waals surface area contributed by atoms with Crippen LogP contribution in [0.25, 0.3) is 0 Å². The fourth-order valence-corrected chi connectivity index (χ4v) is 4.04. The van der Waals surface area contributed by atoms with E-state index in [4.69, 9.17) is 4.74 Å². The lowest BCUT2D eigenvalue weighted by molar-refractivity contribution is -0.387. The number of benzene rings is 2. The van der Waals surface area contributed by atoms with Gasteiger partial charge in [-0.1, -0.05) is 18.2 Å². The van der Waals surface area contributed by atoms with Crippen LogP contribution in [-0.4, -0.2) is 28.5 Å². The first kappa shape index (κ1) is 18.3. The molecule has 0 radical (unpaired) electrons. The van der Waals surface area contributed by atoms with Crippen molar-refractivity contribution in [2.45, 2.75) is 18.3 Å². The average Bonchev–Trinajstić information content (AvgIpc) is 3.46. The number of ether oxygens (including phenoxy) is 1. The smallest absolute Gasteiger partial charge is 0.307 e. The molecule has 1 fully saturated rings. The van der Waals surface area contributed by atoms with Gasteiger partial charge in [0, 0.05) is 36.0 Å². The third-order valence-electron chi connectivity index (χ3n) is 5.71. The molecule has 0 atom stereocenters. The largest absolute Gasteiger partial charge is 0.494 e. The molecule has 0 amide bonds. The van der Waals surface area contributed by atoms with Crippen LogP contribution >= 0.6 is 0 Å². The Morgan fingerprint density at radius 1 is 1.27 bits per heavy atom. The number of aromatic nitrogens is 2. The second-order valence-electron chi connectivity index (χ2n) is 7.51. The molecule has 1 aromatic heterocycles. The molecule has 5 rings (SSSR count). The summed E-state index contributed by atoms with van der Waals surface area (Å²) in [6, 6.07) is 12.2. The minimum atomic E-state index is -0.972. The minimum Gasteiger partial charge on any atom is -0.494 e. The molecule has 2 aromatic carbocycles. The number of hydrogen-bond donors (Lipinski definition) is 1. The molecule has 0 unspecified atom stereocenters. The lowest BCUT2D eigenvalue weighted by atomic mass is 9.99. The van der Waals surface area contributed by atoms with Gasteiger partial charge in [-0.25, -0.2) is 4.98 Å². The van der Waals surface area contributed by atoms with E-state index >= 15 is 0 Å². The van der Waals surface area contributed by atoms with Gasteiger partial charge in [0.25, 0.3) is 0 Å². The third kappa shape index (κ3) is 2.90. The molecule has 1 N–H and O–H groups in total. The molecule has 1 aliphatic heterocycles. The summed E-state index contributed by atoms with van der Waals surface area (Å²) in [5.74, 6) is 0.108. The third-order valence-corrected chi connectivity index (χ3v) is 5.71. The summed E-state index contributed by atoms with van der Waals surface area (Å²) in [6.45, 7) is 0.855. The van der Waals surface area contributed by atoms with E-state index in [1.165, 1.54) is 12.7 Å². The van der Waals surface area contributed by atoms with Gasteiger partial charge in [-0.2, -0.15) is 9.37 Å². The lowest BCUT2D eigenvalue weighted by Crippen LogP contribution is -2.20. The van der Waals surface area contributed by atoms with Crippen molar-refractivity contribution in [2.24, 2.45) is 0 Å². The highest BCUT2D eigenvalue weighted by Crippen LogP contribution is 2.57. The molecule has 1 saturated carbocycles. The van der Waals surface area contributed by atoms with Crippen molar-refractivity contribution in [3.63, 3.8) is 0 Å². The van der Waals surface area contributed by atoms with Gasteiger partial charge >= 0.3 is 5.69 Å². The molecule has 9 heteroatoms. The minimum absolute atomic E-state index is 0.121. The molecular formula is C21H18FN5O3. The van der Waals surface area contributed by atoms with Gasteiger partial charge in [-0.05, 0) is 30.5 Å². The maximum absolute atomic E-state index is 13.9. The fraction of sp³-hybridized carbons (Fsp3) is 0.238. The number of fused-ring (bicyclic) bond motifs is 2. The van der Waals surface area contributed by atoms with Crippen LogP contribution < -0.4 is 15.0 Å². The molecule has 2 aliphatic rings. The van der Waals surface area contributed by atoms with Crippen molar-refractivity contribution >= 4 is 28.8 Å². The van der Waals surface area contributed by atoms with Crippen molar-refractivity contribution in [3.8, 4) is 5.75 Å². The average molecular weight is 407 g/mol. The molecule has 2 heterocycles. The van der Waals surface area contributed by atoms with Crippen LogP contribution in [0.5, 0.6) is 5.75 Å². The highest BCUT2D eigenvalue weighted by atomic mass is 19.1. The number of nitrogens with zero attached hydrogens (tertiary/aromatic N) is 4. The molecule has 1 spiro atoms. The van der Waals surface area contributed by atoms with Crippen molar-refractivity contribution in [1.82, 2.24) is 9.97 Å². The predicted octanol–water partition coefficient (Wildman–Crippen LogP) is 4.46. The number of para-hydroxylation sites is 1. The quantitative estimate of drug-likeness (QED) is 0.493. The first-order valence-corrected chi connectivity index (χ1v) is 9.50. The Labute approximate surface area is 171 Å². The van der Waals surface area contributed by atoms with Gasteiger partial charge in [0.15, 0.2) is 0 Å². The van der Waals surface area contributed by atoms with Crippen LogP contribution in [-0.2, 0) is 5.41 Å². The van der Waals surface area contributed by atoms with Crippen LogP contribution in [0.15, 0.2) is 48.7 Å². The molecule has 1 aliphatic carbocycles. The highest BCUT2D eigenvalue weighted by molar-refractivity contribution is 5.73. The Morgan fingerprint density at radius 3 is 2.80 bits per heavy atom. The van der Waals surface area contributed by atoms with Crippen molar-refractivity contribution in [3.05, 3.63) is 70.2 Å². The Balaban J connectivity index is 1.49. The Kier molecular flexibility index (Phi) is 4.05. The van der Waals surface area contributed by atoms with Crippen LogP contribution in [0.2, 0.25) is 0 Å². The SMILES string of the molecule is COc1cc(F)c([N+](=O)[O-])cc1Nc1nccc(N2CC3(CC3)c3ccccc32)n1. The molecule has 152 valence electrons. The predicted molar refractivity (Wildman–Crippen MR) is 109 cm³/mol. The maximum Gasteiger partial charge on any atom is 0.307 e. The number of rotatable bonds is 5. The van der Waals surface area contributed by atoms with Crippen LogP contribution in [0.4, 0.5) is 33.2 Å². The summed E-state index contributed by atoms with van der Waals surface area (Å²) in [7, 11) is 1.36. The molecule has 0 bridgehead atoms. The van der Waals surface area contributed by atoms with E-state index < -0.39 is 16.4 Å². The van der Waals surface area contributed by atoms with Crippen molar-refractivity contribution in [2.75, 3.05) is 23.9 Å². The first-order valence-electron chi connectivity index (χ1n) is 9.50. The maximum atomic E-state index is 13.9. The second kappa shape index (κ2) is 6.65. The van der Waals surface area contributed by atoms with E-state index in [-0.39, 0.29) is 22.8 Å². The zero-order valence-electron chi connectivity index (χ0n) is 16.1. The Hall–Kier alpha value is -3.75. The summed E-state index contributed by atoms with van der Waals surface area (Å²) in [5.41, 5.74) is 2.24. The summed E-state index contributed by atoms with van der Waals surface area (Å²) in [5, 5.41) is 14.0. The molecule has 0 saturated heterocycles. The normalized spacial score (nSPS) is 15.7. The van der Waals surface area contributed by atoms with E-state index in [0.29, 0.717) is 0 Å². The van der Waals surface area contributed by atoms with E-state index in [1.807, 2.05) is 12.1 Å². The van der Waals surface area contributed by atoms with E-state index in [2.05, 4.69) is 38.4 Å². The zero-order valence-corrected chi connectivity index (χ0v) is 16.1. The standard InChI is InChI=1S/C21H18FN5O3/c1-30-18-10-14(22)17(27(28)29)11-15(18)24-20-23-9-6-19(25-20)26-12-21(7-8-21)13-4-2-3-5-16(13)26/h2-6,9-11H,7-8,12H2,1H3,(H,23,24,25). The number of methoxy groups -OCH3 is 1. The second-order valence-corrected chi connectivity index (χ2v) is 7.51. The molecule has 8 nitrogen and oxygen atoms in total. The van der Waals surface area contributed by atoms with Crippen LogP contribution in [0.1, 0.15) is 18.4 Å². The summed E-state index contributed by atoms with van der Waals surface area (Å²) in [6.07, 6.45) is 3.94. The van der Waals surface area contributed by atoms with Gasteiger partial charge in [0.05, 0.1) is 17.7 Å². The van der Waals surface area contributed by atoms with Crippen molar-refractivity contribution < 1.29 is 14.1 Å². The van der Waals surface area contributed by atoms with Gasteiger partial charge in [-0.15, -0.1) is 0 Å². The molecule has 3 aromatic rings. The van der Waals surface area contributed by atoms with Crippen LogP contribution in [0.3, 0.4) is 0 Å². The number of hydrogen-bond acceptors (Lipinski definition) is 7. The molecule has 30 heavy (non-hydrogen) atoms. The number of halogens is 1. The summed E-state index contributed by atoms with van der Waals surface area (Å²) in [4.78, 5) is 21.3. The first-order chi connectivity index (χ1) is 14.5. The highest BCUT2D eigenvalue weighted by Gasteiger charge is 2.52.